The van der Waals surface area contributed by atoms with Crippen LogP contribution in [0.25, 0.3) is 0 Å². The van der Waals surface area contributed by atoms with Crippen LogP contribution in [-0.4, -0.2) is 17.4 Å². The van der Waals surface area contributed by atoms with E-state index < -0.39 is 0 Å². The second-order valence-electron chi connectivity index (χ2n) is 5.36. The van der Waals surface area contributed by atoms with Crippen LogP contribution in [-0.2, 0) is 0 Å². The van der Waals surface area contributed by atoms with Crippen molar-refractivity contribution in [1.29, 1.82) is 0 Å². The largest absolute Gasteiger partial charge is 0.361 e. The molecule has 1 heterocycles. The van der Waals surface area contributed by atoms with Crippen LogP contribution in [0.4, 0.5) is 5.69 Å². The lowest BCUT2D eigenvalue weighted by molar-refractivity contribution is 0.0680. The zero-order valence-corrected chi connectivity index (χ0v) is 12.3. The van der Waals surface area contributed by atoms with Crippen LogP contribution >= 0.6 is 0 Å². The number of unbranched alkanes of at least 4 members (excludes halogenated alkanes) is 1. The maximum absolute atomic E-state index is 12.8. The van der Waals surface area contributed by atoms with Crippen molar-refractivity contribution in [2.45, 2.75) is 25.9 Å². The summed E-state index contributed by atoms with van der Waals surface area (Å²) in [5.41, 5.74) is 2.81. The maximum atomic E-state index is 12.8. The average Bonchev–Trinajstić information content (AvgIpc) is 2.55. The first-order chi connectivity index (χ1) is 10.3. The first-order valence-corrected chi connectivity index (χ1v) is 7.52. The molecule has 0 fully saturated rings. The van der Waals surface area contributed by atoms with Crippen LogP contribution in [0.2, 0.25) is 0 Å². The summed E-state index contributed by atoms with van der Waals surface area (Å²) in [5.74, 6) is 0.117. The second kappa shape index (κ2) is 6.00. The van der Waals surface area contributed by atoms with E-state index in [4.69, 9.17) is 0 Å². The Balaban J connectivity index is 1.99. The molecule has 21 heavy (non-hydrogen) atoms. The van der Waals surface area contributed by atoms with Crippen molar-refractivity contribution in [3.05, 3.63) is 65.7 Å². The van der Waals surface area contributed by atoms with Crippen LogP contribution in [0.3, 0.4) is 0 Å². The summed E-state index contributed by atoms with van der Waals surface area (Å²) >= 11 is 0. The highest BCUT2D eigenvalue weighted by molar-refractivity contribution is 6.01. The Labute approximate surface area is 125 Å². The Morgan fingerprint density at radius 2 is 1.76 bits per heavy atom. The quantitative estimate of drug-likeness (QED) is 0.916. The molecule has 2 aromatic carbocycles. The Morgan fingerprint density at radius 1 is 1.05 bits per heavy atom. The predicted molar refractivity (Wildman–Crippen MR) is 85.2 cm³/mol. The van der Waals surface area contributed by atoms with E-state index in [1.165, 1.54) is 0 Å². The highest BCUT2D eigenvalue weighted by Crippen LogP contribution is 2.32. The fraction of sp³-hybridized carbons (Fsp3) is 0.278. The number of amides is 1. The molecule has 0 spiro atoms. The number of benzene rings is 2. The van der Waals surface area contributed by atoms with Crippen molar-refractivity contribution in [3.63, 3.8) is 0 Å². The van der Waals surface area contributed by atoms with E-state index in [1.54, 1.807) is 0 Å². The molecule has 3 heteroatoms. The lowest BCUT2D eigenvalue weighted by atomic mass is 10.0. The molecule has 0 saturated heterocycles. The molecule has 108 valence electrons. The summed E-state index contributed by atoms with van der Waals surface area (Å²) < 4.78 is 0. The Bertz CT molecular complexity index is 624. The van der Waals surface area contributed by atoms with Gasteiger partial charge in [0.15, 0.2) is 0 Å². The number of hydrogen-bond donors (Lipinski definition) is 1. The molecule has 1 aliphatic heterocycles. The smallest absolute Gasteiger partial charge is 0.257 e. The van der Waals surface area contributed by atoms with Gasteiger partial charge in [0.05, 0.1) is 5.56 Å². The lowest BCUT2D eigenvalue weighted by Gasteiger charge is -2.38. The molecule has 1 aliphatic rings. The third-order valence-electron chi connectivity index (χ3n) is 3.89. The van der Waals surface area contributed by atoms with Gasteiger partial charge in [0.1, 0.15) is 6.17 Å². The highest BCUT2D eigenvalue weighted by atomic mass is 16.2. The first-order valence-electron chi connectivity index (χ1n) is 7.52. The SMILES string of the molecule is CCCCN1C(=O)c2ccccc2NC1c1ccccc1. The van der Waals surface area contributed by atoms with E-state index in [0.717, 1.165) is 36.2 Å². The summed E-state index contributed by atoms with van der Waals surface area (Å²) in [4.78, 5) is 14.7. The minimum absolute atomic E-state index is 0.0832. The molecule has 1 N–H and O–H groups in total. The monoisotopic (exact) mass is 280 g/mol. The van der Waals surface area contributed by atoms with Crippen molar-refractivity contribution in [2.24, 2.45) is 0 Å². The van der Waals surface area contributed by atoms with Gasteiger partial charge in [-0.25, -0.2) is 0 Å². The van der Waals surface area contributed by atoms with E-state index in [9.17, 15) is 4.79 Å². The van der Waals surface area contributed by atoms with E-state index in [2.05, 4.69) is 24.4 Å². The van der Waals surface area contributed by atoms with Crippen LogP contribution in [0.1, 0.15) is 41.9 Å². The predicted octanol–water partition coefficient (Wildman–Crippen LogP) is 4.05. The third kappa shape index (κ3) is 2.64. The van der Waals surface area contributed by atoms with Crippen LogP contribution in [0.5, 0.6) is 0 Å². The zero-order chi connectivity index (χ0) is 14.7. The average molecular weight is 280 g/mol. The van der Waals surface area contributed by atoms with Gasteiger partial charge in [0.25, 0.3) is 5.91 Å². The number of para-hydroxylation sites is 1. The normalized spacial score (nSPS) is 17.3. The molecule has 0 radical (unpaired) electrons. The topological polar surface area (TPSA) is 32.3 Å². The Morgan fingerprint density at radius 3 is 2.52 bits per heavy atom. The van der Waals surface area contributed by atoms with Crippen molar-refractivity contribution in [2.75, 3.05) is 11.9 Å². The van der Waals surface area contributed by atoms with Gasteiger partial charge >= 0.3 is 0 Å². The van der Waals surface area contributed by atoms with E-state index in [-0.39, 0.29) is 12.1 Å². The molecule has 3 rings (SSSR count). The summed E-state index contributed by atoms with van der Waals surface area (Å²) in [7, 11) is 0. The zero-order valence-electron chi connectivity index (χ0n) is 12.3. The maximum Gasteiger partial charge on any atom is 0.257 e. The summed E-state index contributed by atoms with van der Waals surface area (Å²) in [5, 5.41) is 3.51. The van der Waals surface area contributed by atoms with Crippen LogP contribution in [0, 0.1) is 0 Å². The number of carbonyl (C=O) groups is 1. The van der Waals surface area contributed by atoms with Crippen LogP contribution < -0.4 is 5.32 Å². The highest BCUT2D eigenvalue weighted by Gasteiger charge is 2.31. The molecule has 0 bridgehead atoms. The molecule has 0 aromatic heterocycles. The number of rotatable bonds is 4. The van der Waals surface area contributed by atoms with Crippen molar-refractivity contribution in [3.8, 4) is 0 Å². The van der Waals surface area contributed by atoms with Crippen molar-refractivity contribution < 1.29 is 4.79 Å². The molecular formula is C18H20N2O. The van der Waals surface area contributed by atoms with Crippen LogP contribution in [0.15, 0.2) is 54.6 Å². The third-order valence-corrected chi connectivity index (χ3v) is 3.89. The number of fused-ring (bicyclic) bond motifs is 1. The van der Waals surface area contributed by atoms with Gasteiger partial charge in [0.2, 0.25) is 0 Å². The summed E-state index contributed by atoms with van der Waals surface area (Å²) in [6.07, 6.45) is 2.01. The molecular weight excluding hydrogens is 260 g/mol. The number of carbonyl (C=O) groups excluding carboxylic acids is 1. The number of hydrogen-bond acceptors (Lipinski definition) is 2. The number of anilines is 1. The van der Waals surface area contributed by atoms with E-state index in [0.29, 0.717) is 0 Å². The molecule has 1 unspecified atom stereocenters. The van der Waals surface area contributed by atoms with Gasteiger partial charge in [-0.05, 0) is 24.1 Å². The molecule has 2 aromatic rings. The fourth-order valence-corrected chi connectivity index (χ4v) is 2.75. The molecule has 0 aliphatic carbocycles. The van der Waals surface area contributed by atoms with Crippen molar-refractivity contribution >= 4 is 11.6 Å². The minimum atomic E-state index is -0.0832. The number of nitrogens with one attached hydrogen (secondary N) is 1. The van der Waals surface area contributed by atoms with Crippen molar-refractivity contribution in [1.82, 2.24) is 4.90 Å². The molecule has 1 amide bonds. The molecule has 3 nitrogen and oxygen atoms in total. The van der Waals surface area contributed by atoms with Gasteiger partial charge < -0.3 is 10.2 Å². The van der Waals surface area contributed by atoms with Gasteiger partial charge in [-0.2, -0.15) is 0 Å². The number of nitrogens with zero attached hydrogens (tertiary/aromatic N) is 1. The Hall–Kier alpha value is -2.29. The fourth-order valence-electron chi connectivity index (χ4n) is 2.75. The Kier molecular flexibility index (Phi) is 3.91. The second-order valence-corrected chi connectivity index (χ2v) is 5.36. The van der Waals surface area contributed by atoms with Gasteiger partial charge in [-0.15, -0.1) is 0 Å². The summed E-state index contributed by atoms with van der Waals surface area (Å²) in [6, 6.07) is 17.9. The van der Waals surface area contributed by atoms with Gasteiger partial charge in [-0.3, -0.25) is 4.79 Å². The lowest BCUT2D eigenvalue weighted by Crippen LogP contribution is -2.43. The standard InChI is InChI=1S/C18H20N2O/c1-2-3-13-20-17(14-9-5-4-6-10-14)19-16-12-8-7-11-15(16)18(20)21/h4-12,17,19H,2-3,13H2,1H3. The van der Waals surface area contributed by atoms with E-state index in [1.807, 2.05) is 47.4 Å². The summed E-state index contributed by atoms with van der Waals surface area (Å²) in [6.45, 7) is 2.92. The molecule has 0 saturated carbocycles. The van der Waals surface area contributed by atoms with Gasteiger partial charge in [-0.1, -0.05) is 55.8 Å². The molecule has 1 atom stereocenters. The minimum Gasteiger partial charge on any atom is -0.361 e. The van der Waals surface area contributed by atoms with Gasteiger partial charge in [0, 0.05) is 12.2 Å². The van der Waals surface area contributed by atoms with E-state index >= 15 is 0 Å². The first kappa shape index (κ1) is 13.7.